The van der Waals surface area contributed by atoms with Crippen molar-refractivity contribution in [3.63, 3.8) is 0 Å². The van der Waals surface area contributed by atoms with E-state index in [0.717, 1.165) is 27.8 Å². The maximum absolute atomic E-state index is 13.4. The SMILES string of the molecule is O=C(NC(CC(F)F)C(=O)NC1(C(=O)O)CCN(Cc2ccccc2)C1)OCC1c2ccccc2-c2ccccc21. The van der Waals surface area contributed by atoms with E-state index in [4.69, 9.17) is 4.74 Å². The van der Waals surface area contributed by atoms with Gasteiger partial charge in [-0.15, -0.1) is 0 Å². The molecule has 1 heterocycles. The molecule has 0 bridgehead atoms. The van der Waals surface area contributed by atoms with Gasteiger partial charge in [-0.1, -0.05) is 78.9 Å². The highest BCUT2D eigenvalue weighted by Crippen LogP contribution is 2.44. The van der Waals surface area contributed by atoms with Crippen molar-refractivity contribution in [2.45, 2.75) is 43.3 Å². The van der Waals surface area contributed by atoms with Crippen molar-refractivity contribution in [3.8, 4) is 11.1 Å². The van der Waals surface area contributed by atoms with Gasteiger partial charge in [0.1, 0.15) is 12.6 Å². The molecule has 2 unspecified atom stereocenters. The molecule has 3 aromatic carbocycles. The number of likely N-dealkylation sites (tertiary alicyclic amines) is 1. The second kappa shape index (κ2) is 12.1. The Bertz CT molecular complexity index is 1370. The van der Waals surface area contributed by atoms with Gasteiger partial charge in [0.05, 0.1) is 0 Å². The maximum Gasteiger partial charge on any atom is 0.407 e. The van der Waals surface area contributed by atoms with Gasteiger partial charge in [0.2, 0.25) is 12.3 Å². The van der Waals surface area contributed by atoms with Crippen LogP contribution in [0.4, 0.5) is 13.6 Å². The Balaban J connectivity index is 1.23. The number of ether oxygens (including phenoxy) is 1. The zero-order valence-corrected chi connectivity index (χ0v) is 22.3. The summed E-state index contributed by atoms with van der Waals surface area (Å²) >= 11 is 0. The molecule has 41 heavy (non-hydrogen) atoms. The number of hydrogen-bond acceptors (Lipinski definition) is 5. The smallest absolute Gasteiger partial charge is 0.407 e. The van der Waals surface area contributed by atoms with Gasteiger partial charge in [-0.05, 0) is 34.2 Å². The van der Waals surface area contributed by atoms with Crippen LogP contribution in [0.15, 0.2) is 78.9 Å². The van der Waals surface area contributed by atoms with E-state index in [1.807, 2.05) is 83.8 Å². The molecule has 0 radical (unpaired) electrons. The first kappa shape index (κ1) is 28.2. The van der Waals surface area contributed by atoms with E-state index in [0.29, 0.717) is 13.1 Å². The molecule has 2 atom stereocenters. The zero-order chi connectivity index (χ0) is 29.0. The number of aliphatic carboxylic acids is 1. The maximum atomic E-state index is 13.4. The number of hydrogen-bond donors (Lipinski definition) is 3. The number of carbonyl (C=O) groups is 3. The van der Waals surface area contributed by atoms with Crippen molar-refractivity contribution in [2.75, 3.05) is 19.7 Å². The van der Waals surface area contributed by atoms with Gasteiger partial charge < -0.3 is 20.5 Å². The van der Waals surface area contributed by atoms with Crippen molar-refractivity contribution in [2.24, 2.45) is 0 Å². The van der Waals surface area contributed by atoms with E-state index in [-0.39, 0.29) is 25.5 Å². The number of alkyl halides is 2. The van der Waals surface area contributed by atoms with Gasteiger partial charge in [-0.3, -0.25) is 9.69 Å². The van der Waals surface area contributed by atoms with Crippen molar-refractivity contribution in [1.82, 2.24) is 15.5 Å². The molecule has 3 aromatic rings. The van der Waals surface area contributed by atoms with Crippen LogP contribution in [-0.4, -0.2) is 65.7 Å². The third kappa shape index (κ3) is 6.22. The molecular formula is C31H31F2N3O5. The summed E-state index contributed by atoms with van der Waals surface area (Å²) in [5.74, 6) is -2.51. The number of carbonyl (C=O) groups excluding carboxylic acids is 2. The molecule has 1 fully saturated rings. The summed E-state index contributed by atoms with van der Waals surface area (Å²) in [6.07, 6.45) is -4.85. The van der Waals surface area contributed by atoms with Crippen LogP contribution in [0.2, 0.25) is 0 Å². The quantitative estimate of drug-likeness (QED) is 0.338. The average Bonchev–Trinajstić information content (AvgIpc) is 3.51. The van der Waals surface area contributed by atoms with Crippen molar-refractivity contribution < 1.29 is 33.0 Å². The minimum atomic E-state index is -2.92. The average molecular weight is 564 g/mol. The number of nitrogens with zero attached hydrogens (tertiary/aromatic N) is 1. The molecule has 0 saturated carbocycles. The minimum absolute atomic E-state index is 0.00465. The minimum Gasteiger partial charge on any atom is -0.479 e. The Morgan fingerprint density at radius 3 is 2.17 bits per heavy atom. The van der Waals surface area contributed by atoms with Crippen LogP contribution in [0.1, 0.15) is 35.4 Å². The molecule has 5 rings (SSSR count). The second-order valence-corrected chi connectivity index (χ2v) is 10.5. The number of carboxylic acid groups (broad SMARTS) is 1. The molecule has 8 nitrogen and oxygen atoms in total. The summed E-state index contributed by atoms with van der Waals surface area (Å²) in [5.41, 5.74) is 3.33. The zero-order valence-electron chi connectivity index (χ0n) is 22.3. The Labute approximate surface area is 236 Å². The molecule has 214 valence electrons. The standard InChI is InChI=1S/C31H31F2N3O5/c32-27(33)16-26(28(37)35-31(29(38)39)14-15-36(19-31)17-20-8-2-1-3-9-20)34-30(40)41-18-25-23-12-6-4-10-21(23)22-11-5-7-13-24(22)25/h1-13,25-27H,14-19H2,(H,34,40)(H,35,37)(H,38,39). The summed E-state index contributed by atoms with van der Waals surface area (Å²) in [6.45, 7) is 0.802. The Morgan fingerprint density at radius 1 is 0.951 bits per heavy atom. The van der Waals surface area contributed by atoms with Crippen LogP contribution < -0.4 is 10.6 Å². The summed E-state index contributed by atoms with van der Waals surface area (Å²) in [5, 5.41) is 14.7. The summed E-state index contributed by atoms with van der Waals surface area (Å²) in [6, 6.07) is 23.3. The fourth-order valence-corrected chi connectivity index (χ4v) is 5.71. The number of benzene rings is 3. The normalized spacial score (nSPS) is 18.9. The lowest BCUT2D eigenvalue weighted by molar-refractivity contribution is -0.147. The predicted molar refractivity (Wildman–Crippen MR) is 147 cm³/mol. The molecule has 3 N–H and O–H groups in total. The molecule has 2 aliphatic rings. The molecule has 2 amide bonds. The van der Waals surface area contributed by atoms with Crippen molar-refractivity contribution in [3.05, 3.63) is 95.6 Å². The van der Waals surface area contributed by atoms with Crippen molar-refractivity contribution in [1.29, 1.82) is 0 Å². The van der Waals surface area contributed by atoms with E-state index in [1.165, 1.54) is 0 Å². The van der Waals surface area contributed by atoms with Gasteiger partial charge in [0.25, 0.3) is 0 Å². The third-order valence-electron chi connectivity index (χ3n) is 7.74. The second-order valence-electron chi connectivity index (χ2n) is 10.5. The topological polar surface area (TPSA) is 108 Å². The first-order valence-corrected chi connectivity index (χ1v) is 13.5. The number of rotatable bonds is 10. The van der Waals surface area contributed by atoms with Gasteiger partial charge in [0.15, 0.2) is 5.54 Å². The lowest BCUT2D eigenvalue weighted by atomic mass is 9.97. The highest BCUT2D eigenvalue weighted by atomic mass is 19.3. The number of halogens is 2. The first-order chi connectivity index (χ1) is 19.8. The first-order valence-electron chi connectivity index (χ1n) is 13.5. The Hall–Kier alpha value is -4.31. The van der Waals surface area contributed by atoms with Crippen LogP contribution in [0.5, 0.6) is 0 Å². The van der Waals surface area contributed by atoms with Gasteiger partial charge in [-0.2, -0.15) is 0 Å². The fourth-order valence-electron chi connectivity index (χ4n) is 5.71. The van der Waals surface area contributed by atoms with E-state index in [1.54, 1.807) is 0 Å². The number of amides is 2. The lowest BCUT2D eigenvalue weighted by Gasteiger charge is -2.29. The van der Waals surface area contributed by atoms with Crippen LogP contribution in [0.3, 0.4) is 0 Å². The number of fused-ring (bicyclic) bond motifs is 3. The Kier molecular flexibility index (Phi) is 8.30. The van der Waals surface area contributed by atoms with E-state index in [9.17, 15) is 28.3 Å². The van der Waals surface area contributed by atoms with Gasteiger partial charge in [0, 0.05) is 32.0 Å². The largest absolute Gasteiger partial charge is 0.479 e. The molecular weight excluding hydrogens is 532 g/mol. The fraction of sp³-hybridized carbons (Fsp3) is 0.323. The van der Waals surface area contributed by atoms with Crippen LogP contribution >= 0.6 is 0 Å². The highest BCUT2D eigenvalue weighted by molar-refractivity contribution is 5.91. The number of carboxylic acids is 1. The Morgan fingerprint density at radius 2 is 1.56 bits per heavy atom. The van der Waals surface area contributed by atoms with E-state index < -0.39 is 42.4 Å². The molecule has 10 heteroatoms. The number of nitrogens with one attached hydrogen (secondary N) is 2. The van der Waals surface area contributed by atoms with E-state index in [2.05, 4.69) is 10.6 Å². The highest BCUT2D eigenvalue weighted by Gasteiger charge is 2.47. The molecule has 1 aliphatic carbocycles. The predicted octanol–water partition coefficient (Wildman–Crippen LogP) is 4.39. The third-order valence-corrected chi connectivity index (χ3v) is 7.74. The monoisotopic (exact) mass is 563 g/mol. The van der Waals surface area contributed by atoms with Crippen molar-refractivity contribution >= 4 is 18.0 Å². The van der Waals surface area contributed by atoms with Crippen LogP contribution in [0.25, 0.3) is 11.1 Å². The summed E-state index contributed by atoms with van der Waals surface area (Å²) < 4.78 is 32.3. The number of alkyl carbamates (subject to hydrolysis) is 1. The lowest BCUT2D eigenvalue weighted by Crippen LogP contribution is -2.60. The van der Waals surface area contributed by atoms with Crippen LogP contribution in [-0.2, 0) is 20.9 Å². The van der Waals surface area contributed by atoms with Gasteiger partial charge >= 0.3 is 12.1 Å². The molecule has 1 saturated heterocycles. The van der Waals surface area contributed by atoms with Crippen LogP contribution in [0, 0.1) is 0 Å². The molecule has 0 aromatic heterocycles. The van der Waals surface area contributed by atoms with Gasteiger partial charge in [-0.25, -0.2) is 18.4 Å². The summed E-state index contributed by atoms with van der Waals surface area (Å²) in [7, 11) is 0. The molecule has 0 spiro atoms. The summed E-state index contributed by atoms with van der Waals surface area (Å²) in [4.78, 5) is 40.0. The van der Waals surface area contributed by atoms with E-state index >= 15 is 0 Å². The molecule has 1 aliphatic heterocycles.